The molecule has 2 saturated heterocycles. The van der Waals surface area contributed by atoms with E-state index in [1.807, 2.05) is 6.07 Å². The lowest BCUT2D eigenvalue weighted by Gasteiger charge is -2.33. The number of rotatable bonds is 3. The molecule has 0 radical (unpaired) electrons. The van der Waals surface area contributed by atoms with Crippen LogP contribution in [0.25, 0.3) is 0 Å². The fourth-order valence-corrected chi connectivity index (χ4v) is 4.98. The zero-order valence-electron chi connectivity index (χ0n) is 14.2. The van der Waals surface area contributed by atoms with E-state index in [0.29, 0.717) is 12.0 Å². The minimum atomic E-state index is -3.01. The normalized spacial score (nSPS) is 24.1. The second-order valence-electron chi connectivity index (χ2n) is 6.67. The summed E-state index contributed by atoms with van der Waals surface area (Å²) in [6, 6.07) is 3.28. The molecule has 3 heterocycles. The number of carbonyl (C=O) groups excluding carboxylic acids is 1. The van der Waals surface area contributed by atoms with E-state index in [4.69, 9.17) is 0 Å². The monoisotopic (exact) mass is 352 g/mol. The number of nitrogens with zero attached hydrogens (tertiary/aromatic N) is 4. The lowest BCUT2D eigenvalue weighted by Crippen LogP contribution is -2.45. The topological polar surface area (TPSA) is 73.8 Å². The first-order valence-electron chi connectivity index (χ1n) is 8.23. The van der Waals surface area contributed by atoms with Gasteiger partial charge in [0.25, 0.3) is 5.91 Å². The molecule has 0 saturated carbocycles. The summed E-state index contributed by atoms with van der Waals surface area (Å²) in [6.07, 6.45) is 2.17. The Balaban J connectivity index is 1.72. The van der Waals surface area contributed by atoms with Crippen LogP contribution >= 0.6 is 0 Å². The van der Waals surface area contributed by atoms with Crippen molar-refractivity contribution in [3.63, 3.8) is 0 Å². The van der Waals surface area contributed by atoms with Gasteiger partial charge in [0, 0.05) is 51.0 Å². The number of carbonyl (C=O) groups is 1. The summed E-state index contributed by atoms with van der Waals surface area (Å²) in [5, 5.41) is 0. The number of aromatic nitrogens is 1. The van der Waals surface area contributed by atoms with Crippen molar-refractivity contribution in [2.75, 3.05) is 56.7 Å². The quantitative estimate of drug-likeness (QED) is 0.768. The van der Waals surface area contributed by atoms with Crippen LogP contribution in [0.5, 0.6) is 0 Å². The highest BCUT2D eigenvalue weighted by atomic mass is 32.2. The number of sulfone groups is 1. The molecule has 2 fully saturated rings. The van der Waals surface area contributed by atoms with Crippen molar-refractivity contribution in [3.05, 3.63) is 23.9 Å². The molecule has 0 N–H and O–H groups in total. The van der Waals surface area contributed by atoms with Gasteiger partial charge < -0.3 is 14.7 Å². The largest absolute Gasteiger partial charge is 0.354 e. The molecular weight excluding hydrogens is 328 g/mol. The lowest BCUT2D eigenvalue weighted by molar-refractivity contribution is 0.0747. The molecule has 8 heteroatoms. The molecule has 24 heavy (non-hydrogen) atoms. The number of piperazine rings is 1. The summed E-state index contributed by atoms with van der Waals surface area (Å²) >= 11 is 0. The van der Waals surface area contributed by atoms with Gasteiger partial charge in [-0.15, -0.1) is 0 Å². The van der Waals surface area contributed by atoms with Gasteiger partial charge in [0.15, 0.2) is 9.84 Å². The lowest BCUT2D eigenvalue weighted by atomic mass is 10.1. The van der Waals surface area contributed by atoms with Crippen LogP contribution in [0.1, 0.15) is 16.8 Å². The Kier molecular flexibility index (Phi) is 4.78. The van der Waals surface area contributed by atoms with Crippen LogP contribution in [-0.2, 0) is 9.84 Å². The van der Waals surface area contributed by atoms with Crippen molar-refractivity contribution in [3.8, 4) is 0 Å². The Morgan fingerprint density at radius 3 is 2.62 bits per heavy atom. The van der Waals surface area contributed by atoms with Gasteiger partial charge in [-0.05, 0) is 25.6 Å². The molecule has 7 nitrogen and oxygen atoms in total. The van der Waals surface area contributed by atoms with Crippen LogP contribution < -0.4 is 4.90 Å². The maximum absolute atomic E-state index is 12.7. The maximum atomic E-state index is 12.7. The third-order valence-electron chi connectivity index (χ3n) is 4.90. The van der Waals surface area contributed by atoms with Crippen LogP contribution in [0, 0.1) is 0 Å². The van der Waals surface area contributed by atoms with E-state index < -0.39 is 9.84 Å². The maximum Gasteiger partial charge on any atom is 0.254 e. The summed E-state index contributed by atoms with van der Waals surface area (Å²) in [5.41, 5.74) is 0.561. The van der Waals surface area contributed by atoms with E-state index >= 15 is 0 Å². The third kappa shape index (κ3) is 3.70. The van der Waals surface area contributed by atoms with E-state index in [1.165, 1.54) is 0 Å². The van der Waals surface area contributed by atoms with Crippen molar-refractivity contribution >= 4 is 21.6 Å². The van der Waals surface area contributed by atoms with Crippen LogP contribution in [0.2, 0.25) is 0 Å². The minimum Gasteiger partial charge on any atom is -0.354 e. The summed E-state index contributed by atoms with van der Waals surface area (Å²) in [6.45, 7) is 3.72. The zero-order valence-corrected chi connectivity index (χ0v) is 15.0. The van der Waals surface area contributed by atoms with E-state index in [0.717, 1.165) is 32.0 Å². The third-order valence-corrected chi connectivity index (χ3v) is 6.65. The summed E-state index contributed by atoms with van der Waals surface area (Å²) in [5.74, 6) is 0.889. The van der Waals surface area contributed by atoms with E-state index in [9.17, 15) is 13.2 Å². The zero-order chi connectivity index (χ0) is 17.3. The van der Waals surface area contributed by atoms with E-state index in [2.05, 4.69) is 21.8 Å². The Bertz CT molecular complexity index is 714. The molecule has 0 aliphatic carbocycles. The Hall–Kier alpha value is -1.67. The second-order valence-corrected chi connectivity index (χ2v) is 8.89. The molecule has 1 aromatic rings. The van der Waals surface area contributed by atoms with E-state index in [-0.39, 0.29) is 23.5 Å². The van der Waals surface area contributed by atoms with Gasteiger partial charge in [0.05, 0.1) is 11.5 Å². The smallest absolute Gasteiger partial charge is 0.254 e. The van der Waals surface area contributed by atoms with Gasteiger partial charge in [-0.3, -0.25) is 4.79 Å². The fraction of sp³-hybridized carbons (Fsp3) is 0.625. The molecule has 2 aliphatic rings. The molecule has 1 amide bonds. The number of hydrogen-bond acceptors (Lipinski definition) is 6. The summed E-state index contributed by atoms with van der Waals surface area (Å²) in [4.78, 5) is 23.1. The standard InChI is InChI=1S/C16H24N4O3S/c1-18-6-8-20(9-7-18)15-11-13(3-5-17-15)16(21)19(2)14-4-10-24(22,23)12-14/h3,5,11,14H,4,6-10,12H2,1-2H3. The Morgan fingerprint density at radius 2 is 2.00 bits per heavy atom. The van der Waals surface area contributed by atoms with Gasteiger partial charge in [-0.25, -0.2) is 13.4 Å². The van der Waals surface area contributed by atoms with Crippen LogP contribution in [0.4, 0.5) is 5.82 Å². The first-order valence-corrected chi connectivity index (χ1v) is 10.0. The van der Waals surface area contributed by atoms with Crippen molar-refractivity contribution < 1.29 is 13.2 Å². The number of anilines is 1. The minimum absolute atomic E-state index is 0.0612. The molecule has 1 unspecified atom stereocenters. The first-order chi connectivity index (χ1) is 11.4. The van der Waals surface area contributed by atoms with Crippen LogP contribution in [0.15, 0.2) is 18.3 Å². The molecule has 1 aromatic heterocycles. The highest BCUT2D eigenvalue weighted by Gasteiger charge is 2.33. The predicted molar refractivity (Wildman–Crippen MR) is 93.1 cm³/mol. The van der Waals surface area contributed by atoms with Crippen LogP contribution in [0.3, 0.4) is 0 Å². The number of likely N-dealkylation sites (N-methyl/N-ethyl adjacent to an activating group) is 1. The van der Waals surface area contributed by atoms with Gasteiger partial charge in [0.1, 0.15) is 5.82 Å². The van der Waals surface area contributed by atoms with Crippen molar-refractivity contribution in [2.45, 2.75) is 12.5 Å². The van der Waals surface area contributed by atoms with Gasteiger partial charge in [0.2, 0.25) is 0 Å². The molecule has 0 bridgehead atoms. The molecule has 1 atom stereocenters. The highest BCUT2D eigenvalue weighted by molar-refractivity contribution is 7.91. The second kappa shape index (κ2) is 6.68. The molecular formula is C16H24N4O3S. The molecule has 2 aliphatic heterocycles. The van der Waals surface area contributed by atoms with Gasteiger partial charge in [-0.1, -0.05) is 0 Å². The van der Waals surface area contributed by atoms with Crippen molar-refractivity contribution in [2.24, 2.45) is 0 Å². The number of hydrogen-bond donors (Lipinski definition) is 0. The van der Waals surface area contributed by atoms with Gasteiger partial charge >= 0.3 is 0 Å². The van der Waals surface area contributed by atoms with Gasteiger partial charge in [-0.2, -0.15) is 0 Å². The summed E-state index contributed by atoms with van der Waals surface area (Å²) in [7, 11) is 0.771. The summed E-state index contributed by atoms with van der Waals surface area (Å²) < 4.78 is 23.3. The average molecular weight is 352 g/mol. The Morgan fingerprint density at radius 1 is 1.29 bits per heavy atom. The average Bonchev–Trinajstić information content (AvgIpc) is 2.94. The molecule has 0 spiro atoms. The van der Waals surface area contributed by atoms with Crippen molar-refractivity contribution in [1.29, 1.82) is 0 Å². The number of amides is 1. The molecule has 0 aromatic carbocycles. The van der Waals surface area contributed by atoms with E-state index in [1.54, 1.807) is 24.2 Å². The SMILES string of the molecule is CN1CCN(c2cc(C(=O)N(C)C3CCS(=O)(=O)C3)ccn2)CC1. The molecule has 132 valence electrons. The fourth-order valence-electron chi connectivity index (χ4n) is 3.21. The predicted octanol–water partition coefficient (Wildman–Crippen LogP) is 0.0925. The number of pyridine rings is 1. The first kappa shape index (κ1) is 17.2. The van der Waals surface area contributed by atoms with Crippen LogP contribution in [-0.4, -0.2) is 86.9 Å². The Labute approximate surface area is 143 Å². The highest BCUT2D eigenvalue weighted by Crippen LogP contribution is 2.20. The molecule has 3 rings (SSSR count). The van der Waals surface area contributed by atoms with Crippen molar-refractivity contribution in [1.82, 2.24) is 14.8 Å².